The van der Waals surface area contributed by atoms with E-state index in [1.807, 2.05) is 26.8 Å². The summed E-state index contributed by atoms with van der Waals surface area (Å²) >= 11 is 5.76. The van der Waals surface area contributed by atoms with Gasteiger partial charge in [0.2, 0.25) is 0 Å². The van der Waals surface area contributed by atoms with Gasteiger partial charge in [0.25, 0.3) is 0 Å². The molecule has 1 aromatic heterocycles. The number of alkyl carbamates (subject to hydrolysis) is 1. The quantitative estimate of drug-likeness (QED) is 0.836. The number of amides is 1. The van der Waals surface area contributed by atoms with Gasteiger partial charge < -0.3 is 15.8 Å². The van der Waals surface area contributed by atoms with Crippen molar-refractivity contribution < 1.29 is 9.53 Å². The molecule has 1 heterocycles. The largest absolute Gasteiger partial charge is 0.444 e. The van der Waals surface area contributed by atoms with Crippen LogP contribution >= 0.6 is 11.6 Å². The minimum absolute atomic E-state index is 0.421. The summed E-state index contributed by atoms with van der Waals surface area (Å²) in [6, 6.07) is 1.65. The molecule has 0 saturated carbocycles. The second-order valence-corrected chi connectivity index (χ2v) is 5.68. The molecule has 6 heteroatoms. The molecule has 0 aliphatic heterocycles. The van der Waals surface area contributed by atoms with Gasteiger partial charge >= 0.3 is 6.09 Å². The fourth-order valence-corrected chi connectivity index (χ4v) is 1.54. The SMILES string of the molecule is CC(C)(C)OC(=O)NCCC=Cc1ncc(Cl)cc1N. The van der Waals surface area contributed by atoms with E-state index < -0.39 is 11.7 Å². The van der Waals surface area contributed by atoms with Gasteiger partial charge in [-0.2, -0.15) is 0 Å². The van der Waals surface area contributed by atoms with Crippen molar-refractivity contribution in [3.8, 4) is 0 Å². The molecule has 110 valence electrons. The highest BCUT2D eigenvalue weighted by molar-refractivity contribution is 6.30. The minimum atomic E-state index is -0.485. The molecule has 5 nitrogen and oxygen atoms in total. The average molecular weight is 298 g/mol. The lowest BCUT2D eigenvalue weighted by molar-refractivity contribution is 0.0529. The van der Waals surface area contributed by atoms with Gasteiger partial charge in [-0.15, -0.1) is 0 Å². The lowest BCUT2D eigenvalue weighted by Gasteiger charge is -2.19. The average Bonchev–Trinajstić information content (AvgIpc) is 2.28. The van der Waals surface area contributed by atoms with Gasteiger partial charge in [0.15, 0.2) is 0 Å². The number of halogens is 1. The van der Waals surface area contributed by atoms with Crippen molar-refractivity contribution in [3.63, 3.8) is 0 Å². The monoisotopic (exact) mass is 297 g/mol. The molecule has 0 atom stereocenters. The van der Waals surface area contributed by atoms with Crippen LogP contribution in [-0.2, 0) is 4.74 Å². The van der Waals surface area contributed by atoms with Gasteiger partial charge in [0.05, 0.1) is 16.4 Å². The summed E-state index contributed by atoms with van der Waals surface area (Å²) in [6.07, 6.45) is 5.45. The lowest BCUT2D eigenvalue weighted by atomic mass is 10.2. The number of nitrogens with one attached hydrogen (secondary N) is 1. The predicted molar refractivity (Wildman–Crippen MR) is 81.5 cm³/mol. The summed E-state index contributed by atoms with van der Waals surface area (Å²) in [7, 11) is 0. The molecular formula is C14H20ClN3O2. The fraction of sp³-hybridized carbons (Fsp3) is 0.429. The number of nitrogen functional groups attached to an aromatic ring is 1. The number of ether oxygens (including phenoxy) is 1. The normalized spacial score (nSPS) is 11.6. The summed E-state index contributed by atoms with van der Waals surface area (Å²) in [5.74, 6) is 0. The van der Waals surface area contributed by atoms with E-state index in [1.165, 1.54) is 6.20 Å². The van der Waals surface area contributed by atoms with E-state index in [4.69, 9.17) is 22.1 Å². The lowest BCUT2D eigenvalue weighted by Crippen LogP contribution is -2.32. The van der Waals surface area contributed by atoms with Crippen LogP contribution in [0.5, 0.6) is 0 Å². The first-order valence-electron chi connectivity index (χ1n) is 6.32. The fourth-order valence-electron chi connectivity index (χ4n) is 1.37. The molecule has 0 aliphatic rings. The molecule has 0 unspecified atom stereocenters. The smallest absolute Gasteiger partial charge is 0.407 e. The molecule has 0 spiro atoms. The van der Waals surface area contributed by atoms with Crippen LogP contribution < -0.4 is 11.1 Å². The molecule has 1 rings (SSSR count). The summed E-state index contributed by atoms with van der Waals surface area (Å²) in [5.41, 5.74) is 6.46. The summed E-state index contributed by atoms with van der Waals surface area (Å²) < 4.78 is 5.11. The molecule has 0 bridgehead atoms. The molecule has 0 fully saturated rings. The number of hydrogen-bond donors (Lipinski definition) is 2. The number of pyridine rings is 1. The van der Waals surface area contributed by atoms with Crippen LogP contribution in [0.4, 0.5) is 10.5 Å². The molecule has 1 amide bonds. The molecule has 0 saturated heterocycles. The molecule has 3 N–H and O–H groups in total. The van der Waals surface area contributed by atoms with E-state index in [1.54, 1.807) is 12.1 Å². The van der Waals surface area contributed by atoms with Crippen molar-refractivity contribution in [2.75, 3.05) is 12.3 Å². The maximum absolute atomic E-state index is 11.4. The van der Waals surface area contributed by atoms with Crippen LogP contribution in [0.3, 0.4) is 0 Å². The summed E-state index contributed by atoms with van der Waals surface area (Å²) in [6.45, 7) is 5.95. The van der Waals surface area contributed by atoms with Gasteiger partial charge in [-0.3, -0.25) is 4.98 Å². The van der Waals surface area contributed by atoms with Gasteiger partial charge in [0.1, 0.15) is 5.60 Å². The maximum atomic E-state index is 11.4. The Labute approximate surface area is 124 Å². The van der Waals surface area contributed by atoms with E-state index in [0.29, 0.717) is 29.4 Å². The highest BCUT2D eigenvalue weighted by Crippen LogP contribution is 2.16. The zero-order chi connectivity index (χ0) is 15.2. The Morgan fingerprint density at radius 3 is 2.85 bits per heavy atom. The van der Waals surface area contributed by atoms with E-state index in [-0.39, 0.29) is 0 Å². The van der Waals surface area contributed by atoms with Gasteiger partial charge in [0, 0.05) is 12.7 Å². The maximum Gasteiger partial charge on any atom is 0.407 e. The molecular weight excluding hydrogens is 278 g/mol. The van der Waals surface area contributed by atoms with Crippen molar-refractivity contribution in [2.24, 2.45) is 0 Å². The van der Waals surface area contributed by atoms with Gasteiger partial charge in [-0.25, -0.2) is 4.79 Å². The highest BCUT2D eigenvalue weighted by atomic mass is 35.5. The van der Waals surface area contributed by atoms with E-state index in [9.17, 15) is 4.79 Å². The second-order valence-electron chi connectivity index (χ2n) is 5.25. The third kappa shape index (κ3) is 6.43. The first kappa shape index (κ1) is 16.3. The Morgan fingerprint density at radius 1 is 1.55 bits per heavy atom. The number of nitrogens with two attached hydrogens (primary N) is 1. The van der Waals surface area contributed by atoms with E-state index in [0.717, 1.165) is 0 Å². The first-order valence-corrected chi connectivity index (χ1v) is 6.70. The third-order valence-corrected chi connectivity index (χ3v) is 2.38. The van der Waals surface area contributed by atoms with Crippen molar-refractivity contribution in [3.05, 3.63) is 29.1 Å². The number of hydrogen-bond acceptors (Lipinski definition) is 4. The molecule has 20 heavy (non-hydrogen) atoms. The topological polar surface area (TPSA) is 77.2 Å². The van der Waals surface area contributed by atoms with Crippen molar-refractivity contribution in [2.45, 2.75) is 32.8 Å². The number of anilines is 1. The number of carbonyl (C=O) groups excluding carboxylic acids is 1. The van der Waals surface area contributed by atoms with E-state index in [2.05, 4.69) is 10.3 Å². The summed E-state index contributed by atoms with van der Waals surface area (Å²) in [5, 5.41) is 3.17. The summed E-state index contributed by atoms with van der Waals surface area (Å²) in [4.78, 5) is 15.5. The van der Waals surface area contributed by atoms with Crippen LogP contribution in [-0.4, -0.2) is 23.2 Å². The molecule has 1 aromatic rings. The van der Waals surface area contributed by atoms with E-state index >= 15 is 0 Å². The van der Waals surface area contributed by atoms with Crippen LogP contribution in [0.2, 0.25) is 5.02 Å². The van der Waals surface area contributed by atoms with Crippen LogP contribution in [0.1, 0.15) is 32.9 Å². The standard InChI is InChI=1S/C14H20ClN3O2/c1-14(2,3)20-13(19)17-7-5-4-6-12-11(16)8-10(15)9-18-12/h4,6,8-9H,5,7,16H2,1-3H3,(H,17,19). The van der Waals surface area contributed by atoms with Crippen molar-refractivity contribution in [1.82, 2.24) is 10.3 Å². The number of aromatic nitrogens is 1. The Balaban J connectivity index is 2.34. The molecule has 0 aromatic carbocycles. The number of carbonyl (C=O) groups is 1. The molecule has 0 radical (unpaired) electrons. The molecule has 0 aliphatic carbocycles. The first-order chi connectivity index (χ1) is 9.28. The Hall–Kier alpha value is -1.75. The van der Waals surface area contributed by atoms with Gasteiger partial charge in [-0.05, 0) is 39.3 Å². The predicted octanol–water partition coefficient (Wildman–Crippen LogP) is 3.25. The van der Waals surface area contributed by atoms with Crippen molar-refractivity contribution in [1.29, 1.82) is 0 Å². The van der Waals surface area contributed by atoms with Gasteiger partial charge in [-0.1, -0.05) is 17.7 Å². The zero-order valence-corrected chi connectivity index (χ0v) is 12.7. The number of nitrogens with zero attached hydrogens (tertiary/aromatic N) is 1. The number of rotatable bonds is 4. The minimum Gasteiger partial charge on any atom is -0.444 e. The Morgan fingerprint density at radius 2 is 2.25 bits per heavy atom. The second kappa shape index (κ2) is 7.14. The zero-order valence-electron chi connectivity index (χ0n) is 11.9. The van der Waals surface area contributed by atoms with Crippen LogP contribution in [0.25, 0.3) is 6.08 Å². The highest BCUT2D eigenvalue weighted by Gasteiger charge is 2.15. The Bertz CT molecular complexity index is 496. The van der Waals surface area contributed by atoms with Crippen LogP contribution in [0.15, 0.2) is 18.3 Å². The van der Waals surface area contributed by atoms with Crippen LogP contribution in [0, 0.1) is 0 Å². The third-order valence-electron chi connectivity index (χ3n) is 2.17. The Kier molecular flexibility index (Phi) is 5.82. The van der Waals surface area contributed by atoms with Crippen molar-refractivity contribution >= 4 is 29.5 Å².